The van der Waals surface area contributed by atoms with Crippen LogP contribution in [-0.2, 0) is 0 Å². The van der Waals surface area contributed by atoms with Crippen molar-refractivity contribution in [3.63, 3.8) is 0 Å². The lowest BCUT2D eigenvalue weighted by Gasteiger charge is -1.90. The molecule has 0 atom stereocenters. The summed E-state index contributed by atoms with van der Waals surface area (Å²) in [7, 11) is 0. The molecule has 54 valence electrons. The fourth-order valence-electron chi connectivity index (χ4n) is 0.616. The van der Waals surface area contributed by atoms with Crippen LogP contribution in [0.4, 0.5) is 0 Å². The van der Waals surface area contributed by atoms with E-state index in [0.717, 1.165) is 6.42 Å². The number of aliphatic hydroxyl groups excluding tert-OH is 1. The molecule has 0 aromatic rings. The van der Waals surface area contributed by atoms with Crippen LogP contribution in [0.1, 0.15) is 32.6 Å². The van der Waals surface area contributed by atoms with Gasteiger partial charge in [0.1, 0.15) is 0 Å². The Hall–Kier alpha value is 0.0200. The van der Waals surface area contributed by atoms with Crippen molar-refractivity contribution in [3.8, 4) is 0 Å². The van der Waals surface area contributed by atoms with E-state index in [1.807, 2.05) is 0 Å². The topological polar surface area (TPSA) is 20.2 Å². The molecule has 0 aromatic heterocycles. The van der Waals surface area contributed by atoms with Crippen molar-refractivity contribution in [2.24, 2.45) is 0 Å². The third-order valence-corrected chi connectivity index (χ3v) is 1.44. The van der Waals surface area contributed by atoms with E-state index >= 15 is 0 Å². The Morgan fingerprint density at radius 3 is 2.67 bits per heavy atom. The van der Waals surface area contributed by atoms with Crippen molar-refractivity contribution in [1.82, 2.24) is 0 Å². The molecule has 0 heterocycles. The number of allylic oxidation sites excluding steroid dienone is 1. The van der Waals surface area contributed by atoms with Gasteiger partial charge in [-0.1, -0.05) is 19.8 Å². The Morgan fingerprint density at radius 1 is 1.56 bits per heavy atom. The smallest absolute Gasteiger partial charge is 0.154 e. The molecule has 0 aliphatic heterocycles. The highest BCUT2D eigenvalue weighted by molar-refractivity contribution is 9.11. The number of hydrogen-bond donors (Lipinski definition) is 1. The Bertz CT molecular complexity index is 84.9. The predicted octanol–water partition coefficient (Wildman–Crippen LogP) is 3.36. The van der Waals surface area contributed by atoms with Gasteiger partial charge in [-0.15, -0.1) is 0 Å². The van der Waals surface area contributed by atoms with Gasteiger partial charge in [0.25, 0.3) is 0 Å². The highest BCUT2D eigenvalue weighted by Crippen LogP contribution is 2.04. The van der Waals surface area contributed by atoms with Crippen molar-refractivity contribution in [2.45, 2.75) is 32.6 Å². The van der Waals surface area contributed by atoms with Crippen molar-refractivity contribution in [2.75, 3.05) is 0 Å². The minimum atomic E-state index is 0.263. The predicted molar refractivity (Wildman–Crippen MR) is 43.8 cm³/mol. The van der Waals surface area contributed by atoms with Gasteiger partial charge in [0.15, 0.2) is 4.67 Å². The fourth-order valence-corrected chi connectivity index (χ4v) is 0.844. The monoisotopic (exact) mass is 192 g/mol. The number of hydrogen-bond acceptors (Lipinski definition) is 1. The highest BCUT2D eigenvalue weighted by atomic mass is 79.9. The van der Waals surface area contributed by atoms with Gasteiger partial charge in [-0.25, -0.2) is 0 Å². The first kappa shape index (κ1) is 9.02. The average Bonchev–Trinajstić information content (AvgIpc) is 1.80. The zero-order valence-electron chi connectivity index (χ0n) is 5.73. The quantitative estimate of drug-likeness (QED) is 0.536. The van der Waals surface area contributed by atoms with Gasteiger partial charge in [0.2, 0.25) is 0 Å². The lowest BCUT2D eigenvalue weighted by atomic mass is 10.2. The Kier molecular flexibility index (Phi) is 6.16. The summed E-state index contributed by atoms with van der Waals surface area (Å²) in [5.74, 6) is 0. The molecule has 0 fully saturated rings. The second-order valence-corrected chi connectivity index (χ2v) is 2.84. The van der Waals surface area contributed by atoms with Gasteiger partial charge < -0.3 is 5.11 Å². The first-order valence-electron chi connectivity index (χ1n) is 3.32. The zero-order valence-corrected chi connectivity index (χ0v) is 7.32. The SMILES string of the molecule is CCCCC/C=C(/O)Br. The highest BCUT2D eigenvalue weighted by Gasteiger charge is 1.83. The molecule has 1 nitrogen and oxygen atoms in total. The van der Waals surface area contributed by atoms with Gasteiger partial charge in [-0.3, -0.25) is 0 Å². The molecule has 0 unspecified atom stereocenters. The van der Waals surface area contributed by atoms with Gasteiger partial charge in [0.05, 0.1) is 0 Å². The van der Waals surface area contributed by atoms with Crippen LogP contribution in [0, 0.1) is 0 Å². The van der Waals surface area contributed by atoms with Crippen molar-refractivity contribution >= 4 is 15.9 Å². The molecule has 0 rings (SSSR count). The number of unbranched alkanes of at least 4 members (excludes halogenated alkanes) is 3. The van der Waals surface area contributed by atoms with E-state index in [-0.39, 0.29) is 4.67 Å². The van der Waals surface area contributed by atoms with Crippen molar-refractivity contribution < 1.29 is 5.11 Å². The Labute approximate surface area is 64.9 Å². The van der Waals surface area contributed by atoms with Crippen LogP contribution in [-0.4, -0.2) is 5.11 Å². The summed E-state index contributed by atoms with van der Waals surface area (Å²) in [4.78, 5) is 0. The van der Waals surface area contributed by atoms with E-state index in [1.165, 1.54) is 19.3 Å². The molecule has 0 aliphatic carbocycles. The summed E-state index contributed by atoms with van der Waals surface area (Å²) < 4.78 is 0.263. The molecule has 0 spiro atoms. The molecule has 0 bridgehead atoms. The maximum Gasteiger partial charge on any atom is 0.154 e. The van der Waals surface area contributed by atoms with E-state index in [2.05, 4.69) is 22.9 Å². The minimum absolute atomic E-state index is 0.263. The Morgan fingerprint density at radius 2 is 2.22 bits per heavy atom. The van der Waals surface area contributed by atoms with E-state index in [9.17, 15) is 0 Å². The van der Waals surface area contributed by atoms with E-state index in [4.69, 9.17) is 5.11 Å². The average molecular weight is 193 g/mol. The maximum absolute atomic E-state index is 8.63. The molecular formula is C7H13BrO. The largest absolute Gasteiger partial charge is 0.502 e. The second-order valence-electron chi connectivity index (χ2n) is 2.02. The van der Waals surface area contributed by atoms with Crippen LogP contribution in [0.2, 0.25) is 0 Å². The summed E-state index contributed by atoms with van der Waals surface area (Å²) in [5, 5.41) is 8.63. The molecule has 0 aromatic carbocycles. The van der Waals surface area contributed by atoms with Gasteiger partial charge in [0, 0.05) is 0 Å². The normalized spacial score (nSPS) is 12.0. The fraction of sp³-hybridized carbons (Fsp3) is 0.714. The zero-order chi connectivity index (χ0) is 7.11. The van der Waals surface area contributed by atoms with Gasteiger partial charge in [-0.05, 0) is 34.8 Å². The number of rotatable bonds is 4. The van der Waals surface area contributed by atoms with Crippen molar-refractivity contribution in [1.29, 1.82) is 0 Å². The molecule has 2 heteroatoms. The van der Waals surface area contributed by atoms with Crippen molar-refractivity contribution in [3.05, 3.63) is 10.7 Å². The van der Waals surface area contributed by atoms with Crippen LogP contribution in [0.25, 0.3) is 0 Å². The third kappa shape index (κ3) is 8.02. The first-order chi connectivity index (χ1) is 4.27. The van der Waals surface area contributed by atoms with E-state index in [1.54, 1.807) is 6.08 Å². The summed E-state index contributed by atoms with van der Waals surface area (Å²) in [6.45, 7) is 2.16. The first-order valence-corrected chi connectivity index (χ1v) is 4.11. The second kappa shape index (κ2) is 6.14. The molecule has 0 radical (unpaired) electrons. The summed E-state index contributed by atoms with van der Waals surface area (Å²) >= 11 is 2.94. The Balaban J connectivity index is 3.00. The van der Waals surface area contributed by atoms with Crippen LogP contribution in [0.3, 0.4) is 0 Å². The lowest BCUT2D eigenvalue weighted by molar-refractivity contribution is 0.456. The van der Waals surface area contributed by atoms with Crippen LogP contribution < -0.4 is 0 Å². The van der Waals surface area contributed by atoms with Crippen LogP contribution in [0.5, 0.6) is 0 Å². The molecular weight excluding hydrogens is 180 g/mol. The number of aliphatic hydroxyl groups is 1. The number of halogens is 1. The molecule has 0 saturated heterocycles. The third-order valence-electron chi connectivity index (χ3n) is 1.12. The lowest BCUT2D eigenvalue weighted by Crippen LogP contribution is -1.72. The molecule has 0 saturated carbocycles. The molecule has 9 heavy (non-hydrogen) atoms. The van der Waals surface area contributed by atoms with Crippen LogP contribution >= 0.6 is 15.9 Å². The standard InChI is InChI=1S/C7H13BrO/c1-2-3-4-5-6-7(8)9/h6,9H,2-5H2,1H3/b7-6+. The summed E-state index contributed by atoms with van der Waals surface area (Å²) in [6.07, 6.45) is 6.42. The summed E-state index contributed by atoms with van der Waals surface area (Å²) in [5.41, 5.74) is 0. The maximum atomic E-state index is 8.63. The van der Waals surface area contributed by atoms with Crippen LogP contribution in [0.15, 0.2) is 10.7 Å². The minimum Gasteiger partial charge on any atom is -0.502 e. The van der Waals surface area contributed by atoms with E-state index < -0.39 is 0 Å². The molecule has 0 amide bonds. The molecule has 0 aliphatic rings. The van der Waals surface area contributed by atoms with Gasteiger partial charge in [-0.2, -0.15) is 0 Å². The van der Waals surface area contributed by atoms with Gasteiger partial charge >= 0.3 is 0 Å². The molecule has 1 N–H and O–H groups in total. The van der Waals surface area contributed by atoms with E-state index in [0.29, 0.717) is 0 Å². The summed E-state index contributed by atoms with van der Waals surface area (Å²) in [6, 6.07) is 0.